The first kappa shape index (κ1) is 20.4. The minimum atomic E-state index is -3.65. The second kappa shape index (κ2) is 8.32. The molecule has 150 valence electrons. The van der Waals surface area contributed by atoms with Crippen molar-refractivity contribution < 1.29 is 17.9 Å². The molecule has 1 fully saturated rings. The summed E-state index contributed by atoms with van der Waals surface area (Å²) in [6.07, 6.45) is 2.01. The average molecular weight is 403 g/mol. The molecule has 1 N–H and O–H groups in total. The van der Waals surface area contributed by atoms with Gasteiger partial charge < -0.3 is 10.1 Å². The van der Waals surface area contributed by atoms with Gasteiger partial charge in [-0.05, 0) is 57.0 Å². The number of carbonyl (C=O) groups excluding carboxylic acids is 1. The number of carbonyl (C=O) groups is 1. The zero-order valence-electron chi connectivity index (χ0n) is 16.4. The van der Waals surface area contributed by atoms with E-state index in [0.29, 0.717) is 23.5 Å². The van der Waals surface area contributed by atoms with Gasteiger partial charge in [0.1, 0.15) is 5.75 Å². The van der Waals surface area contributed by atoms with Gasteiger partial charge >= 0.3 is 0 Å². The number of sulfonamides is 1. The molecule has 1 aliphatic carbocycles. The predicted octanol–water partition coefficient (Wildman–Crippen LogP) is 3.11. The van der Waals surface area contributed by atoms with E-state index in [1.165, 1.54) is 11.4 Å². The summed E-state index contributed by atoms with van der Waals surface area (Å²) in [5, 5.41) is 2.95. The van der Waals surface area contributed by atoms with Crippen LogP contribution in [0.1, 0.15) is 41.3 Å². The molecule has 7 heteroatoms. The Morgan fingerprint density at radius 3 is 2.46 bits per heavy atom. The molecule has 0 aromatic heterocycles. The minimum Gasteiger partial charge on any atom is -0.494 e. The quantitative estimate of drug-likeness (QED) is 0.736. The van der Waals surface area contributed by atoms with E-state index in [0.717, 1.165) is 18.4 Å². The molecule has 3 rings (SSSR count). The van der Waals surface area contributed by atoms with Crippen LogP contribution in [0.3, 0.4) is 0 Å². The normalized spacial score (nSPS) is 14.1. The van der Waals surface area contributed by atoms with E-state index >= 15 is 0 Å². The lowest BCUT2D eigenvalue weighted by Gasteiger charge is -2.20. The van der Waals surface area contributed by atoms with Crippen LogP contribution in [0.2, 0.25) is 0 Å². The number of nitrogens with zero attached hydrogens (tertiary/aromatic N) is 1. The zero-order chi connectivity index (χ0) is 20.3. The van der Waals surface area contributed by atoms with Crippen LogP contribution >= 0.6 is 0 Å². The molecule has 1 amide bonds. The van der Waals surface area contributed by atoms with E-state index in [9.17, 15) is 13.2 Å². The van der Waals surface area contributed by atoms with E-state index in [2.05, 4.69) is 5.32 Å². The smallest absolute Gasteiger partial charge is 0.251 e. The molecular formula is C21H26N2O4S. The van der Waals surface area contributed by atoms with Crippen molar-refractivity contribution in [1.82, 2.24) is 9.62 Å². The molecule has 0 unspecified atom stereocenters. The summed E-state index contributed by atoms with van der Waals surface area (Å²) in [6, 6.07) is 12.2. The molecule has 0 bridgehead atoms. The van der Waals surface area contributed by atoms with Crippen LogP contribution in [0.4, 0.5) is 0 Å². The molecule has 0 aliphatic heterocycles. The minimum absolute atomic E-state index is 0.107. The molecule has 0 saturated heterocycles. The summed E-state index contributed by atoms with van der Waals surface area (Å²) in [5.74, 6) is 0.437. The monoisotopic (exact) mass is 402 g/mol. The van der Waals surface area contributed by atoms with Crippen molar-refractivity contribution >= 4 is 15.9 Å². The van der Waals surface area contributed by atoms with Gasteiger partial charge in [-0.2, -0.15) is 4.31 Å². The molecule has 1 aliphatic rings. The van der Waals surface area contributed by atoms with Gasteiger partial charge in [0.05, 0.1) is 11.5 Å². The lowest BCUT2D eigenvalue weighted by molar-refractivity contribution is 0.0951. The van der Waals surface area contributed by atoms with Crippen molar-refractivity contribution in [2.75, 3.05) is 13.7 Å². The number of rotatable bonds is 8. The molecule has 0 radical (unpaired) electrons. The Morgan fingerprint density at radius 1 is 1.18 bits per heavy atom. The van der Waals surface area contributed by atoms with Crippen LogP contribution in [0.5, 0.6) is 5.75 Å². The summed E-state index contributed by atoms with van der Waals surface area (Å²) < 4.78 is 32.7. The summed E-state index contributed by atoms with van der Waals surface area (Å²) in [6.45, 7) is 4.34. The number of aryl methyl sites for hydroxylation is 1. The fourth-order valence-corrected chi connectivity index (χ4v) is 4.00. The Labute approximate surface area is 166 Å². The Kier molecular flexibility index (Phi) is 6.05. The van der Waals surface area contributed by atoms with Gasteiger partial charge in [0, 0.05) is 30.8 Å². The number of nitrogens with one attached hydrogen (secondary N) is 1. The van der Waals surface area contributed by atoms with Crippen molar-refractivity contribution in [3.05, 3.63) is 59.2 Å². The summed E-state index contributed by atoms with van der Waals surface area (Å²) in [5.41, 5.74) is 2.16. The lowest BCUT2D eigenvalue weighted by Crippen LogP contribution is -2.28. The van der Waals surface area contributed by atoms with Crippen molar-refractivity contribution in [1.29, 1.82) is 0 Å². The number of ether oxygens (including phenoxy) is 1. The predicted molar refractivity (Wildman–Crippen MR) is 108 cm³/mol. The van der Waals surface area contributed by atoms with Gasteiger partial charge in [-0.15, -0.1) is 0 Å². The first-order chi connectivity index (χ1) is 13.3. The molecule has 1 saturated carbocycles. The summed E-state index contributed by atoms with van der Waals surface area (Å²) >= 11 is 0. The molecule has 0 atom stereocenters. The highest BCUT2D eigenvalue weighted by molar-refractivity contribution is 7.89. The molecule has 28 heavy (non-hydrogen) atoms. The number of benzene rings is 2. The zero-order valence-corrected chi connectivity index (χ0v) is 17.3. The first-order valence-electron chi connectivity index (χ1n) is 9.41. The van der Waals surface area contributed by atoms with Gasteiger partial charge in [-0.3, -0.25) is 4.79 Å². The van der Waals surface area contributed by atoms with E-state index in [1.54, 1.807) is 42.5 Å². The second-order valence-electron chi connectivity index (χ2n) is 7.08. The van der Waals surface area contributed by atoms with Crippen LogP contribution in [-0.2, 0) is 16.6 Å². The van der Waals surface area contributed by atoms with Crippen molar-refractivity contribution in [2.24, 2.45) is 0 Å². The maximum Gasteiger partial charge on any atom is 0.251 e. The van der Waals surface area contributed by atoms with E-state index < -0.39 is 10.0 Å². The van der Waals surface area contributed by atoms with E-state index in [4.69, 9.17) is 4.74 Å². The Hall–Kier alpha value is -2.38. The van der Waals surface area contributed by atoms with E-state index in [1.807, 2.05) is 13.8 Å². The van der Waals surface area contributed by atoms with Gasteiger partial charge in [0.25, 0.3) is 5.91 Å². The maximum atomic E-state index is 12.9. The Morgan fingerprint density at radius 2 is 1.86 bits per heavy atom. The van der Waals surface area contributed by atoms with Crippen molar-refractivity contribution in [3.8, 4) is 5.75 Å². The van der Waals surface area contributed by atoms with Gasteiger partial charge in [-0.25, -0.2) is 8.42 Å². The SMILES string of the molecule is CCOc1ccc(C(=O)NC2CC2)cc1CN(C)S(=O)(=O)c1ccc(C)cc1. The van der Waals surface area contributed by atoms with Crippen molar-refractivity contribution in [2.45, 2.75) is 44.2 Å². The van der Waals surface area contributed by atoms with Crippen molar-refractivity contribution in [3.63, 3.8) is 0 Å². The van der Waals surface area contributed by atoms with Crippen LogP contribution in [0.15, 0.2) is 47.4 Å². The maximum absolute atomic E-state index is 12.9. The van der Waals surface area contributed by atoms with Crippen LogP contribution in [-0.4, -0.2) is 38.3 Å². The summed E-state index contributed by atoms with van der Waals surface area (Å²) in [7, 11) is -2.12. The highest BCUT2D eigenvalue weighted by atomic mass is 32.2. The third-order valence-corrected chi connectivity index (χ3v) is 6.47. The Bertz CT molecular complexity index is 951. The first-order valence-corrected chi connectivity index (χ1v) is 10.8. The van der Waals surface area contributed by atoms with Crippen LogP contribution < -0.4 is 10.1 Å². The highest BCUT2D eigenvalue weighted by Gasteiger charge is 2.25. The largest absolute Gasteiger partial charge is 0.494 e. The van der Waals surface area contributed by atoms with Crippen LogP contribution in [0.25, 0.3) is 0 Å². The Balaban J connectivity index is 1.85. The van der Waals surface area contributed by atoms with Gasteiger partial charge in [-0.1, -0.05) is 17.7 Å². The second-order valence-corrected chi connectivity index (χ2v) is 9.12. The van der Waals surface area contributed by atoms with Gasteiger partial charge in [0.15, 0.2) is 0 Å². The number of hydrogen-bond donors (Lipinski definition) is 1. The van der Waals surface area contributed by atoms with Gasteiger partial charge in [0.2, 0.25) is 10.0 Å². The average Bonchev–Trinajstić information content (AvgIpc) is 3.47. The summed E-state index contributed by atoms with van der Waals surface area (Å²) in [4.78, 5) is 12.6. The van der Waals surface area contributed by atoms with E-state index in [-0.39, 0.29) is 23.4 Å². The molecule has 0 heterocycles. The topological polar surface area (TPSA) is 75.7 Å². The fraction of sp³-hybridized carbons (Fsp3) is 0.381. The third-order valence-electron chi connectivity index (χ3n) is 4.66. The molecular weight excluding hydrogens is 376 g/mol. The number of amides is 1. The molecule has 0 spiro atoms. The third kappa shape index (κ3) is 4.72. The highest BCUT2D eigenvalue weighted by Crippen LogP contribution is 2.26. The molecule has 2 aromatic carbocycles. The van der Waals surface area contributed by atoms with Crippen LogP contribution in [0, 0.1) is 6.92 Å². The fourth-order valence-electron chi connectivity index (χ4n) is 2.85. The molecule has 6 nitrogen and oxygen atoms in total. The standard InChI is InChI=1S/C21H26N2O4S/c1-4-27-20-12-7-16(21(24)22-18-8-9-18)13-17(20)14-23(3)28(25,26)19-10-5-15(2)6-11-19/h5-7,10-13,18H,4,8-9,14H2,1-3H3,(H,22,24). The molecule has 2 aromatic rings. The number of hydrogen-bond acceptors (Lipinski definition) is 4. The lowest BCUT2D eigenvalue weighted by atomic mass is 10.1.